The zero-order valence-corrected chi connectivity index (χ0v) is 17.6. The number of rotatable bonds is 6. The second-order valence-electron chi connectivity index (χ2n) is 9.56. The molecular formula is C22H27FN6O2. The van der Waals surface area contributed by atoms with Crippen LogP contribution in [0.2, 0.25) is 0 Å². The van der Waals surface area contributed by atoms with Crippen LogP contribution in [0.4, 0.5) is 10.1 Å². The Bertz CT molecular complexity index is 984. The number of nitrogens with one attached hydrogen (secondary N) is 2. The molecule has 0 spiro atoms. The molecule has 0 saturated heterocycles. The van der Waals surface area contributed by atoms with E-state index in [2.05, 4.69) is 26.2 Å². The highest BCUT2D eigenvalue weighted by atomic mass is 19.1. The molecule has 1 aromatic heterocycles. The van der Waals surface area contributed by atoms with Crippen molar-refractivity contribution < 1.29 is 14.0 Å². The van der Waals surface area contributed by atoms with Crippen LogP contribution in [-0.4, -0.2) is 38.6 Å². The molecule has 0 aliphatic heterocycles. The largest absolute Gasteiger partial charge is 0.355 e. The van der Waals surface area contributed by atoms with E-state index in [0.717, 1.165) is 19.3 Å². The Morgan fingerprint density at radius 2 is 1.84 bits per heavy atom. The number of carbonyl (C=O) groups is 2. The molecule has 0 unspecified atom stereocenters. The SMILES string of the molecule is Cc1nnnn1-c1cc(NC(=O)CCNC(=O)C23CC4CC(CC(C4)C2)C3)ccc1F. The minimum Gasteiger partial charge on any atom is -0.355 e. The average molecular weight is 426 g/mol. The Kier molecular flexibility index (Phi) is 4.98. The standard InChI is InChI=1S/C22H27FN6O2/c1-13-26-27-28-29(13)19-9-17(2-3-18(19)23)25-20(30)4-5-24-21(31)22-10-14-6-15(11-22)8-16(7-14)12-22/h2-3,9,14-16H,4-8,10-12H2,1H3,(H,24,31)(H,25,30). The van der Waals surface area contributed by atoms with Crippen LogP contribution in [0.25, 0.3) is 5.69 Å². The average Bonchev–Trinajstić information content (AvgIpc) is 3.14. The van der Waals surface area contributed by atoms with Crippen LogP contribution in [0, 0.1) is 35.9 Å². The third kappa shape index (κ3) is 3.81. The van der Waals surface area contributed by atoms with Gasteiger partial charge in [-0.1, -0.05) is 0 Å². The third-order valence-electron chi connectivity index (χ3n) is 7.24. The molecule has 2 aromatic rings. The number of hydrogen-bond acceptors (Lipinski definition) is 5. The van der Waals surface area contributed by atoms with Crippen molar-refractivity contribution in [3.8, 4) is 5.69 Å². The van der Waals surface area contributed by atoms with E-state index in [1.165, 1.54) is 42.1 Å². The zero-order chi connectivity index (χ0) is 21.6. The summed E-state index contributed by atoms with van der Waals surface area (Å²) in [5.74, 6) is 1.95. The Morgan fingerprint density at radius 1 is 1.16 bits per heavy atom. The van der Waals surface area contributed by atoms with Gasteiger partial charge in [-0.05, 0) is 91.8 Å². The number of benzene rings is 1. The molecule has 4 bridgehead atoms. The van der Waals surface area contributed by atoms with Gasteiger partial charge in [0.1, 0.15) is 11.5 Å². The summed E-state index contributed by atoms with van der Waals surface area (Å²) in [5.41, 5.74) is 0.403. The van der Waals surface area contributed by atoms with Crippen molar-refractivity contribution in [3.63, 3.8) is 0 Å². The first-order chi connectivity index (χ1) is 14.9. The lowest BCUT2D eigenvalue weighted by atomic mass is 9.49. The van der Waals surface area contributed by atoms with Gasteiger partial charge < -0.3 is 10.6 Å². The molecular weight excluding hydrogens is 399 g/mol. The lowest BCUT2D eigenvalue weighted by Crippen LogP contribution is -2.53. The van der Waals surface area contributed by atoms with Gasteiger partial charge in [-0.15, -0.1) is 5.10 Å². The molecule has 2 N–H and O–H groups in total. The summed E-state index contributed by atoms with van der Waals surface area (Å²) in [4.78, 5) is 25.4. The van der Waals surface area contributed by atoms with Crippen LogP contribution in [0.3, 0.4) is 0 Å². The molecule has 4 aliphatic carbocycles. The van der Waals surface area contributed by atoms with E-state index >= 15 is 0 Å². The second-order valence-corrected chi connectivity index (χ2v) is 9.56. The first-order valence-corrected chi connectivity index (χ1v) is 11.0. The quantitative estimate of drug-likeness (QED) is 0.740. The lowest BCUT2D eigenvalue weighted by Gasteiger charge is -2.55. The van der Waals surface area contributed by atoms with Crippen molar-refractivity contribution in [3.05, 3.63) is 29.8 Å². The molecule has 1 aromatic carbocycles. The third-order valence-corrected chi connectivity index (χ3v) is 7.24. The fourth-order valence-electron chi connectivity index (χ4n) is 6.30. The van der Waals surface area contributed by atoms with E-state index in [4.69, 9.17) is 0 Å². The number of aromatic nitrogens is 4. The van der Waals surface area contributed by atoms with Gasteiger partial charge in [0.2, 0.25) is 11.8 Å². The molecule has 9 heteroatoms. The molecule has 4 fully saturated rings. The van der Waals surface area contributed by atoms with E-state index in [9.17, 15) is 14.0 Å². The topological polar surface area (TPSA) is 102 Å². The maximum absolute atomic E-state index is 14.2. The fourth-order valence-corrected chi connectivity index (χ4v) is 6.30. The van der Waals surface area contributed by atoms with Gasteiger partial charge in [0.25, 0.3) is 0 Å². The van der Waals surface area contributed by atoms with E-state index in [1.807, 2.05) is 0 Å². The normalized spacial score (nSPS) is 28.5. The smallest absolute Gasteiger partial charge is 0.226 e. The first kappa shape index (κ1) is 20.1. The van der Waals surface area contributed by atoms with Crippen LogP contribution in [0.15, 0.2) is 18.2 Å². The van der Waals surface area contributed by atoms with Crippen molar-refractivity contribution >= 4 is 17.5 Å². The molecule has 31 heavy (non-hydrogen) atoms. The number of aryl methyl sites for hydroxylation is 1. The molecule has 0 radical (unpaired) electrons. The van der Waals surface area contributed by atoms with E-state index in [1.54, 1.807) is 6.92 Å². The number of hydrogen-bond donors (Lipinski definition) is 2. The minimum atomic E-state index is -0.490. The number of anilines is 1. The number of nitrogens with zero attached hydrogens (tertiary/aromatic N) is 4. The van der Waals surface area contributed by atoms with Crippen molar-refractivity contribution in [2.24, 2.45) is 23.2 Å². The minimum absolute atomic E-state index is 0.123. The molecule has 2 amide bonds. The summed E-state index contributed by atoms with van der Waals surface area (Å²) in [6.45, 7) is 1.96. The van der Waals surface area contributed by atoms with E-state index in [0.29, 0.717) is 35.8 Å². The Morgan fingerprint density at radius 3 is 2.45 bits per heavy atom. The number of carbonyl (C=O) groups excluding carboxylic acids is 2. The van der Waals surface area contributed by atoms with E-state index in [-0.39, 0.29) is 29.3 Å². The van der Waals surface area contributed by atoms with E-state index < -0.39 is 5.82 Å². The summed E-state index contributed by atoms with van der Waals surface area (Å²) in [5, 5.41) is 16.8. The highest BCUT2D eigenvalue weighted by Gasteiger charge is 2.54. The van der Waals surface area contributed by atoms with Crippen LogP contribution in [-0.2, 0) is 9.59 Å². The second kappa shape index (κ2) is 7.69. The monoisotopic (exact) mass is 426 g/mol. The molecule has 4 saturated carbocycles. The van der Waals surface area contributed by atoms with Gasteiger partial charge in [-0.25, -0.2) is 4.39 Å². The predicted molar refractivity (Wildman–Crippen MR) is 111 cm³/mol. The van der Waals surface area contributed by atoms with Crippen molar-refractivity contribution in [1.29, 1.82) is 0 Å². The van der Waals surface area contributed by atoms with Crippen molar-refractivity contribution in [2.75, 3.05) is 11.9 Å². The molecule has 164 valence electrons. The molecule has 8 nitrogen and oxygen atoms in total. The Balaban J connectivity index is 1.16. The first-order valence-electron chi connectivity index (χ1n) is 11.0. The molecule has 1 heterocycles. The number of halogens is 1. The van der Waals surface area contributed by atoms with Crippen LogP contribution < -0.4 is 10.6 Å². The van der Waals surface area contributed by atoms with Gasteiger partial charge in [-0.3, -0.25) is 9.59 Å². The summed E-state index contributed by atoms with van der Waals surface area (Å²) in [7, 11) is 0. The Labute approximate surface area is 180 Å². The number of tetrazole rings is 1. The van der Waals surface area contributed by atoms with Crippen LogP contribution in [0.5, 0.6) is 0 Å². The highest BCUT2D eigenvalue weighted by Crippen LogP contribution is 2.60. The van der Waals surface area contributed by atoms with Gasteiger partial charge in [0.15, 0.2) is 5.82 Å². The molecule has 4 aliphatic rings. The van der Waals surface area contributed by atoms with Crippen molar-refractivity contribution in [1.82, 2.24) is 25.5 Å². The maximum atomic E-state index is 14.2. The molecule has 6 rings (SSSR count). The van der Waals surface area contributed by atoms with Gasteiger partial charge in [0, 0.05) is 24.1 Å². The van der Waals surface area contributed by atoms with Crippen LogP contribution in [0.1, 0.15) is 50.8 Å². The zero-order valence-electron chi connectivity index (χ0n) is 17.6. The van der Waals surface area contributed by atoms with Crippen LogP contribution >= 0.6 is 0 Å². The van der Waals surface area contributed by atoms with Crippen molar-refractivity contribution in [2.45, 2.75) is 51.9 Å². The Hall–Kier alpha value is -2.84. The highest BCUT2D eigenvalue weighted by molar-refractivity contribution is 5.91. The summed E-state index contributed by atoms with van der Waals surface area (Å²) < 4.78 is 15.4. The fraction of sp³-hybridized carbons (Fsp3) is 0.591. The predicted octanol–water partition coefficient (Wildman–Crippen LogP) is 2.77. The maximum Gasteiger partial charge on any atom is 0.226 e. The summed E-state index contributed by atoms with van der Waals surface area (Å²) >= 11 is 0. The summed E-state index contributed by atoms with van der Waals surface area (Å²) in [6.07, 6.45) is 7.05. The lowest BCUT2D eigenvalue weighted by molar-refractivity contribution is -0.146. The van der Waals surface area contributed by atoms with Gasteiger partial charge in [-0.2, -0.15) is 4.68 Å². The number of amides is 2. The molecule has 0 atom stereocenters. The van der Waals surface area contributed by atoms with Gasteiger partial charge in [0.05, 0.1) is 0 Å². The summed E-state index contributed by atoms with van der Waals surface area (Å²) in [6, 6.07) is 4.25. The van der Waals surface area contributed by atoms with Gasteiger partial charge >= 0.3 is 0 Å².